The fourth-order valence-corrected chi connectivity index (χ4v) is 3.31. The molecule has 1 aromatic heterocycles. The van der Waals surface area contributed by atoms with Crippen LogP contribution in [0.25, 0.3) is 0 Å². The van der Waals surface area contributed by atoms with Crippen LogP contribution in [0.15, 0.2) is 70.9 Å². The number of anilines is 1. The van der Waals surface area contributed by atoms with Crippen LogP contribution < -0.4 is 4.90 Å². The zero-order valence-electron chi connectivity index (χ0n) is 15.3. The Hall–Kier alpha value is -3.47. The lowest BCUT2D eigenvalue weighted by Crippen LogP contribution is -2.29. The van der Waals surface area contributed by atoms with Crippen LogP contribution in [0.5, 0.6) is 0 Å². The molecule has 0 saturated carbocycles. The van der Waals surface area contributed by atoms with Crippen LogP contribution in [0.2, 0.25) is 0 Å². The summed E-state index contributed by atoms with van der Waals surface area (Å²) >= 11 is 0. The van der Waals surface area contributed by atoms with Crippen molar-refractivity contribution in [2.45, 2.75) is 20.4 Å². The first-order valence-corrected chi connectivity index (χ1v) is 8.86. The van der Waals surface area contributed by atoms with Gasteiger partial charge in [-0.3, -0.25) is 4.79 Å². The van der Waals surface area contributed by atoms with E-state index in [0.717, 1.165) is 33.8 Å². The first-order chi connectivity index (χ1) is 13.1. The van der Waals surface area contributed by atoms with E-state index < -0.39 is 0 Å². The van der Waals surface area contributed by atoms with Crippen LogP contribution in [0, 0.1) is 13.8 Å². The molecule has 4 rings (SSSR count). The Morgan fingerprint density at radius 1 is 1.04 bits per heavy atom. The van der Waals surface area contributed by atoms with Gasteiger partial charge in [0.15, 0.2) is 5.71 Å². The molecule has 1 N–H and O–H groups in total. The minimum Gasteiger partial charge on any atom is -0.362 e. The topological polar surface area (TPSA) is 60.8 Å². The van der Waals surface area contributed by atoms with Crippen molar-refractivity contribution in [3.05, 3.63) is 88.7 Å². The molecule has 27 heavy (non-hydrogen) atoms. The summed E-state index contributed by atoms with van der Waals surface area (Å²) in [5.41, 5.74) is 6.20. The van der Waals surface area contributed by atoms with E-state index in [1.54, 1.807) is 11.1 Å². The smallest absolute Gasteiger partial charge is 0.279 e. The summed E-state index contributed by atoms with van der Waals surface area (Å²) in [6.45, 7) is 4.49. The van der Waals surface area contributed by atoms with Gasteiger partial charge in [-0.2, -0.15) is 5.10 Å². The number of aromatic nitrogens is 1. The second-order valence-electron chi connectivity index (χ2n) is 6.62. The maximum Gasteiger partial charge on any atom is 0.279 e. The Labute approximate surface area is 158 Å². The number of H-pyrrole nitrogens is 1. The summed E-state index contributed by atoms with van der Waals surface area (Å²) in [5.74, 6) is -0.126. The molecule has 0 aliphatic carbocycles. The van der Waals surface area contributed by atoms with Gasteiger partial charge in [-0.1, -0.05) is 48.5 Å². The predicted octanol–water partition coefficient (Wildman–Crippen LogP) is 4.00. The Morgan fingerprint density at radius 3 is 2.52 bits per heavy atom. The van der Waals surface area contributed by atoms with Gasteiger partial charge in [0.05, 0.1) is 18.4 Å². The second-order valence-corrected chi connectivity index (χ2v) is 6.62. The van der Waals surface area contributed by atoms with Crippen molar-refractivity contribution in [3.8, 4) is 0 Å². The SMILES string of the molecule is Cc1cc(/C=N/N=C2/C(=O)N(Cc3ccccc3)c3ccccc32)c(C)[nH]1. The summed E-state index contributed by atoms with van der Waals surface area (Å²) in [7, 11) is 0. The van der Waals surface area contributed by atoms with Crippen LogP contribution in [-0.4, -0.2) is 22.8 Å². The Bertz CT molecular complexity index is 1050. The van der Waals surface area contributed by atoms with Crippen molar-refractivity contribution >= 4 is 23.5 Å². The third kappa shape index (κ3) is 3.31. The third-order valence-electron chi connectivity index (χ3n) is 4.63. The van der Waals surface area contributed by atoms with E-state index in [9.17, 15) is 4.79 Å². The summed E-state index contributed by atoms with van der Waals surface area (Å²) in [4.78, 5) is 18.0. The van der Waals surface area contributed by atoms with Crippen molar-refractivity contribution < 1.29 is 4.79 Å². The molecule has 2 aromatic carbocycles. The first-order valence-electron chi connectivity index (χ1n) is 8.86. The maximum atomic E-state index is 13.0. The standard InChI is InChI=1S/C22H20N4O/c1-15-12-18(16(2)24-15)13-23-25-21-19-10-6-7-11-20(19)26(22(21)27)14-17-8-4-3-5-9-17/h3-13,24H,14H2,1-2H3/b23-13+,25-21+. The molecule has 0 spiro atoms. The Balaban J connectivity index is 1.65. The molecule has 0 radical (unpaired) electrons. The van der Waals surface area contributed by atoms with E-state index in [4.69, 9.17) is 0 Å². The molecule has 1 aliphatic rings. The number of hydrogen-bond donors (Lipinski definition) is 1. The number of aryl methyl sites for hydroxylation is 2. The van der Waals surface area contributed by atoms with Gasteiger partial charge in [0.25, 0.3) is 5.91 Å². The molecule has 0 fully saturated rings. The summed E-state index contributed by atoms with van der Waals surface area (Å²) in [5, 5.41) is 8.45. The highest BCUT2D eigenvalue weighted by molar-refractivity contribution is 6.54. The number of benzene rings is 2. The number of hydrogen-bond acceptors (Lipinski definition) is 3. The van der Waals surface area contributed by atoms with Gasteiger partial charge in [-0.05, 0) is 31.5 Å². The van der Waals surface area contributed by atoms with Crippen molar-refractivity contribution in [2.75, 3.05) is 4.90 Å². The van der Waals surface area contributed by atoms with Gasteiger partial charge in [0.2, 0.25) is 0 Å². The van der Waals surface area contributed by atoms with Gasteiger partial charge in [-0.25, -0.2) is 0 Å². The van der Waals surface area contributed by atoms with Gasteiger partial charge in [-0.15, -0.1) is 5.10 Å². The van der Waals surface area contributed by atoms with E-state index in [1.807, 2.05) is 74.5 Å². The average Bonchev–Trinajstić information content (AvgIpc) is 3.13. The molecule has 2 heterocycles. The fraction of sp³-hybridized carbons (Fsp3) is 0.136. The van der Waals surface area contributed by atoms with Crippen LogP contribution in [-0.2, 0) is 11.3 Å². The van der Waals surface area contributed by atoms with Crippen LogP contribution >= 0.6 is 0 Å². The molecule has 0 atom stereocenters. The highest BCUT2D eigenvalue weighted by Crippen LogP contribution is 2.30. The second kappa shape index (κ2) is 7.03. The molecule has 3 aromatic rings. The number of nitrogens with zero attached hydrogens (tertiary/aromatic N) is 3. The average molecular weight is 356 g/mol. The molecular formula is C22H20N4O. The monoisotopic (exact) mass is 356 g/mol. The van der Waals surface area contributed by atoms with E-state index in [1.165, 1.54) is 0 Å². The number of rotatable bonds is 4. The molecule has 1 aliphatic heterocycles. The largest absolute Gasteiger partial charge is 0.362 e. The van der Waals surface area contributed by atoms with Crippen LogP contribution in [0.3, 0.4) is 0 Å². The predicted molar refractivity (Wildman–Crippen MR) is 108 cm³/mol. The first kappa shape index (κ1) is 17.0. The highest BCUT2D eigenvalue weighted by Gasteiger charge is 2.33. The third-order valence-corrected chi connectivity index (χ3v) is 4.63. The number of amides is 1. The quantitative estimate of drug-likeness (QED) is 0.557. The van der Waals surface area contributed by atoms with Gasteiger partial charge >= 0.3 is 0 Å². The molecule has 5 nitrogen and oxygen atoms in total. The van der Waals surface area contributed by atoms with Gasteiger partial charge in [0.1, 0.15) is 0 Å². The lowest BCUT2D eigenvalue weighted by atomic mass is 10.1. The van der Waals surface area contributed by atoms with Gasteiger partial charge in [0, 0.05) is 22.5 Å². The molecule has 0 unspecified atom stereocenters. The van der Waals surface area contributed by atoms with E-state index in [0.29, 0.717) is 12.3 Å². The van der Waals surface area contributed by atoms with Crippen molar-refractivity contribution in [1.82, 2.24) is 4.98 Å². The summed E-state index contributed by atoms with van der Waals surface area (Å²) in [6, 6.07) is 19.7. The number of para-hydroxylation sites is 1. The minimum absolute atomic E-state index is 0.126. The lowest BCUT2D eigenvalue weighted by Gasteiger charge is -2.16. The van der Waals surface area contributed by atoms with Crippen LogP contribution in [0.1, 0.15) is 28.1 Å². The summed E-state index contributed by atoms with van der Waals surface area (Å²) < 4.78 is 0. The Kier molecular flexibility index (Phi) is 4.42. The number of carbonyl (C=O) groups excluding carboxylic acids is 1. The van der Waals surface area contributed by atoms with E-state index in [-0.39, 0.29) is 5.91 Å². The van der Waals surface area contributed by atoms with E-state index in [2.05, 4.69) is 15.2 Å². The Morgan fingerprint density at radius 2 is 1.78 bits per heavy atom. The molecule has 134 valence electrons. The van der Waals surface area contributed by atoms with E-state index >= 15 is 0 Å². The van der Waals surface area contributed by atoms with Crippen molar-refractivity contribution in [3.63, 3.8) is 0 Å². The zero-order chi connectivity index (χ0) is 18.8. The summed E-state index contributed by atoms with van der Waals surface area (Å²) in [6.07, 6.45) is 1.68. The minimum atomic E-state index is -0.126. The fourth-order valence-electron chi connectivity index (χ4n) is 3.31. The molecular weight excluding hydrogens is 336 g/mol. The zero-order valence-corrected chi connectivity index (χ0v) is 15.3. The van der Waals surface area contributed by atoms with Crippen molar-refractivity contribution in [1.29, 1.82) is 0 Å². The number of fused-ring (bicyclic) bond motifs is 1. The number of aromatic amines is 1. The normalized spacial score (nSPS) is 15.1. The lowest BCUT2D eigenvalue weighted by molar-refractivity contribution is -0.112. The molecule has 5 heteroatoms. The van der Waals surface area contributed by atoms with Crippen molar-refractivity contribution in [2.24, 2.45) is 10.2 Å². The maximum absolute atomic E-state index is 13.0. The molecule has 0 saturated heterocycles. The molecule has 1 amide bonds. The molecule has 0 bridgehead atoms. The number of carbonyl (C=O) groups is 1. The van der Waals surface area contributed by atoms with Crippen LogP contribution in [0.4, 0.5) is 5.69 Å². The van der Waals surface area contributed by atoms with Gasteiger partial charge < -0.3 is 9.88 Å². The number of nitrogens with one attached hydrogen (secondary N) is 1. The highest BCUT2D eigenvalue weighted by atomic mass is 16.2.